The van der Waals surface area contributed by atoms with Gasteiger partial charge in [0.25, 0.3) is 0 Å². The van der Waals surface area contributed by atoms with Gasteiger partial charge in [-0.1, -0.05) is 18.2 Å². The normalized spacial score (nSPS) is 25.8. The third kappa shape index (κ3) is 3.22. The number of nitrogens with zero attached hydrogens (tertiary/aromatic N) is 2. The molecule has 2 aromatic rings. The standard InChI is InChI=1S/C20H29N3O2/c1-15-14-23(20(25-15)9-11-22(2)12-10-20)19(24)8-7-16-13-21-18-6-4-3-5-17(16)18/h3-6,13,15,19,21,24H,7-12,14H2,1-2H3. The number of aromatic nitrogens is 1. The van der Waals surface area contributed by atoms with Crippen LogP contribution in [0, 0.1) is 0 Å². The predicted molar refractivity (Wildman–Crippen MR) is 99.3 cm³/mol. The minimum atomic E-state index is -0.456. The molecule has 0 radical (unpaired) electrons. The van der Waals surface area contributed by atoms with Crippen LogP contribution in [-0.4, -0.2) is 64.6 Å². The maximum Gasteiger partial charge on any atom is 0.126 e. The van der Waals surface area contributed by atoms with Gasteiger partial charge in [0.05, 0.1) is 6.10 Å². The summed E-state index contributed by atoms with van der Waals surface area (Å²) in [5.41, 5.74) is 2.17. The summed E-state index contributed by atoms with van der Waals surface area (Å²) in [4.78, 5) is 7.89. The second kappa shape index (κ2) is 6.72. The molecule has 25 heavy (non-hydrogen) atoms. The van der Waals surface area contributed by atoms with Crippen LogP contribution in [0.25, 0.3) is 10.9 Å². The molecule has 0 saturated carbocycles. The number of fused-ring (bicyclic) bond motifs is 1. The van der Waals surface area contributed by atoms with Crippen molar-refractivity contribution in [2.45, 2.75) is 50.7 Å². The molecule has 2 aliphatic rings. The molecule has 2 fully saturated rings. The molecule has 5 heteroatoms. The second-order valence-corrected chi connectivity index (χ2v) is 7.71. The summed E-state index contributed by atoms with van der Waals surface area (Å²) in [5.74, 6) is 0. The first-order valence-corrected chi connectivity index (χ1v) is 9.43. The van der Waals surface area contributed by atoms with Crippen LogP contribution >= 0.6 is 0 Å². The summed E-state index contributed by atoms with van der Waals surface area (Å²) in [5, 5.41) is 12.2. The maximum absolute atomic E-state index is 10.9. The number of aliphatic hydroxyl groups is 1. The number of aromatic amines is 1. The topological polar surface area (TPSA) is 51.7 Å². The molecule has 0 aliphatic carbocycles. The number of likely N-dealkylation sites (tertiary alicyclic amines) is 1. The van der Waals surface area contributed by atoms with E-state index in [0.717, 1.165) is 50.8 Å². The van der Waals surface area contributed by atoms with Gasteiger partial charge in [0.15, 0.2) is 0 Å². The van der Waals surface area contributed by atoms with Gasteiger partial charge >= 0.3 is 0 Å². The number of aryl methyl sites for hydroxylation is 1. The molecule has 5 nitrogen and oxygen atoms in total. The summed E-state index contributed by atoms with van der Waals surface area (Å²) < 4.78 is 6.31. The van der Waals surface area contributed by atoms with E-state index in [-0.39, 0.29) is 11.8 Å². The van der Waals surface area contributed by atoms with Gasteiger partial charge in [0.2, 0.25) is 0 Å². The summed E-state index contributed by atoms with van der Waals surface area (Å²) in [6.45, 7) is 4.99. The number of hydrogen-bond acceptors (Lipinski definition) is 4. The summed E-state index contributed by atoms with van der Waals surface area (Å²) >= 11 is 0. The van der Waals surface area contributed by atoms with Crippen molar-refractivity contribution >= 4 is 10.9 Å². The molecular weight excluding hydrogens is 314 g/mol. The number of para-hydroxylation sites is 1. The first-order chi connectivity index (χ1) is 12.1. The molecule has 1 aromatic heterocycles. The Morgan fingerprint density at radius 3 is 2.88 bits per heavy atom. The SMILES string of the molecule is CC1CN(C(O)CCc2c[nH]c3ccccc23)C2(CCN(C)CC2)O1. The van der Waals surface area contributed by atoms with E-state index in [1.54, 1.807) is 0 Å². The molecule has 2 N–H and O–H groups in total. The zero-order chi connectivity index (χ0) is 17.4. The van der Waals surface area contributed by atoms with Crippen LogP contribution in [0.4, 0.5) is 0 Å². The van der Waals surface area contributed by atoms with Crippen LogP contribution in [0.5, 0.6) is 0 Å². The lowest BCUT2D eigenvalue weighted by Gasteiger charge is -2.44. The van der Waals surface area contributed by atoms with Crippen molar-refractivity contribution in [1.29, 1.82) is 0 Å². The van der Waals surface area contributed by atoms with Gasteiger partial charge in [0.1, 0.15) is 12.0 Å². The van der Waals surface area contributed by atoms with Crippen molar-refractivity contribution in [3.63, 3.8) is 0 Å². The number of benzene rings is 1. The fourth-order valence-electron chi connectivity index (χ4n) is 4.47. The van der Waals surface area contributed by atoms with Crippen molar-refractivity contribution in [1.82, 2.24) is 14.8 Å². The predicted octanol–water partition coefficient (Wildman–Crippen LogP) is 2.56. The van der Waals surface area contributed by atoms with Gasteiger partial charge in [-0.05, 0) is 38.4 Å². The number of aliphatic hydroxyl groups excluding tert-OH is 1. The molecule has 2 saturated heterocycles. The average molecular weight is 343 g/mol. The maximum atomic E-state index is 10.9. The number of H-pyrrole nitrogens is 1. The lowest BCUT2D eigenvalue weighted by molar-refractivity contribution is -0.175. The van der Waals surface area contributed by atoms with Crippen LogP contribution in [0.3, 0.4) is 0 Å². The smallest absolute Gasteiger partial charge is 0.126 e. The van der Waals surface area contributed by atoms with Crippen molar-refractivity contribution in [2.24, 2.45) is 0 Å². The monoisotopic (exact) mass is 343 g/mol. The zero-order valence-corrected chi connectivity index (χ0v) is 15.2. The van der Waals surface area contributed by atoms with Gasteiger partial charge < -0.3 is 19.7 Å². The van der Waals surface area contributed by atoms with Crippen molar-refractivity contribution in [2.75, 3.05) is 26.7 Å². The highest BCUT2D eigenvalue weighted by Crippen LogP contribution is 2.38. The highest BCUT2D eigenvalue weighted by atomic mass is 16.5. The molecule has 2 unspecified atom stereocenters. The Kier molecular flexibility index (Phi) is 4.58. The summed E-state index contributed by atoms with van der Waals surface area (Å²) in [6.07, 6.45) is 5.34. The molecule has 2 aliphatic heterocycles. The Hall–Kier alpha value is -1.40. The molecule has 4 rings (SSSR count). The Balaban J connectivity index is 1.45. The lowest BCUT2D eigenvalue weighted by Crippen LogP contribution is -2.55. The fraction of sp³-hybridized carbons (Fsp3) is 0.600. The van der Waals surface area contributed by atoms with Gasteiger partial charge in [-0.15, -0.1) is 0 Å². The Labute approximate surface area is 149 Å². The van der Waals surface area contributed by atoms with Crippen molar-refractivity contribution in [3.8, 4) is 0 Å². The Morgan fingerprint density at radius 1 is 1.32 bits per heavy atom. The van der Waals surface area contributed by atoms with Crippen molar-refractivity contribution in [3.05, 3.63) is 36.0 Å². The molecule has 3 heterocycles. The molecule has 1 aromatic carbocycles. The number of hydrogen-bond donors (Lipinski definition) is 2. The van der Waals surface area contributed by atoms with E-state index in [1.807, 2.05) is 6.07 Å². The molecule has 0 amide bonds. The average Bonchev–Trinajstić information content (AvgIpc) is 3.17. The highest BCUT2D eigenvalue weighted by Gasteiger charge is 2.49. The van der Waals surface area contributed by atoms with Crippen LogP contribution in [0.1, 0.15) is 31.7 Å². The van der Waals surface area contributed by atoms with Crippen LogP contribution in [0.2, 0.25) is 0 Å². The second-order valence-electron chi connectivity index (χ2n) is 7.71. The molecule has 1 spiro atoms. The Bertz CT molecular complexity index is 721. The molecule has 0 bridgehead atoms. The summed E-state index contributed by atoms with van der Waals surface area (Å²) in [7, 11) is 2.16. The number of piperidine rings is 1. The fourth-order valence-corrected chi connectivity index (χ4v) is 4.47. The van der Waals surface area contributed by atoms with Crippen LogP contribution in [-0.2, 0) is 11.2 Å². The van der Waals surface area contributed by atoms with E-state index in [4.69, 9.17) is 4.74 Å². The van der Waals surface area contributed by atoms with Crippen molar-refractivity contribution < 1.29 is 9.84 Å². The quantitative estimate of drug-likeness (QED) is 0.896. The van der Waals surface area contributed by atoms with Crippen LogP contribution in [0.15, 0.2) is 30.5 Å². The number of rotatable bonds is 4. The first-order valence-electron chi connectivity index (χ1n) is 9.43. The van der Waals surface area contributed by atoms with E-state index in [9.17, 15) is 5.11 Å². The van der Waals surface area contributed by atoms with Gasteiger partial charge in [-0.2, -0.15) is 0 Å². The first kappa shape index (κ1) is 17.0. The summed E-state index contributed by atoms with van der Waals surface area (Å²) in [6, 6.07) is 8.36. The van der Waals surface area contributed by atoms with E-state index >= 15 is 0 Å². The van der Waals surface area contributed by atoms with Gasteiger partial charge in [-0.25, -0.2) is 4.90 Å². The molecule has 2 atom stereocenters. The van der Waals surface area contributed by atoms with E-state index in [2.05, 4.69) is 53.2 Å². The molecule has 136 valence electrons. The zero-order valence-electron chi connectivity index (χ0n) is 15.2. The van der Waals surface area contributed by atoms with Crippen LogP contribution < -0.4 is 0 Å². The minimum absolute atomic E-state index is 0.186. The van der Waals surface area contributed by atoms with E-state index in [1.165, 1.54) is 10.9 Å². The minimum Gasteiger partial charge on any atom is -0.378 e. The Morgan fingerprint density at radius 2 is 2.08 bits per heavy atom. The third-order valence-electron chi connectivity index (χ3n) is 5.87. The molecular formula is C20H29N3O2. The lowest BCUT2D eigenvalue weighted by atomic mass is 9.98. The van der Waals surface area contributed by atoms with E-state index < -0.39 is 6.23 Å². The third-order valence-corrected chi connectivity index (χ3v) is 5.87. The highest BCUT2D eigenvalue weighted by molar-refractivity contribution is 5.82. The number of nitrogens with one attached hydrogen (secondary N) is 1. The number of ether oxygens (including phenoxy) is 1. The van der Waals surface area contributed by atoms with Gasteiger partial charge in [-0.3, -0.25) is 0 Å². The van der Waals surface area contributed by atoms with Gasteiger partial charge in [0, 0.05) is 49.6 Å². The van der Waals surface area contributed by atoms with E-state index in [0.29, 0.717) is 0 Å². The largest absolute Gasteiger partial charge is 0.378 e.